The lowest BCUT2D eigenvalue weighted by molar-refractivity contribution is 0.0137. The molecular formula is C20H26FN3O3S. The third-order valence-electron chi connectivity index (χ3n) is 6.66. The summed E-state index contributed by atoms with van der Waals surface area (Å²) in [5.74, 6) is -0.699. The average molecular weight is 408 g/mol. The Hall–Kier alpha value is -1.53. The Morgan fingerprint density at radius 1 is 1.11 bits per heavy atom. The molecule has 0 unspecified atom stereocenters. The number of nitrogens with zero attached hydrogens (tertiary/aromatic N) is 3. The van der Waals surface area contributed by atoms with Crippen molar-refractivity contribution in [2.45, 2.75) is 43.0 Å². The first-order valence-electron chi connectivity index (χ1n) is 9.95. The zero-order chi connectivity index (χ0) is 19.8. The summed E-state index contributed by atoms with van der Waals surface area (Å²) in [4.78, 5) is 2.40. The lowest BCUT2D eigenvalue weighted by Crippen LogP contribution is -2.45. The molecule has 3 fully saturated rings. The fourth-order valence-electron chi connectivity index (χ4n) is 5.01. The third kappa shape index (κ3) is 3.81. The molecule has 2 saturated heterocycles. The molecule has 28 heavy (non-hydrogen) atoms. The Bertz CT molecular complexity index is 869. The van der Waals surface area contributed by atoms with Crippen LogP contribution in [-0.2, 0) is 14.8 Å². The molecule has 0 N–H and O–H groups in total. The van der Waals surface area contributed by atoms with Gasteiger partial charge in [0.05, 0.1) is 29.7 Å². The predicted octanol–water partition coefficient (Wildman–Crippen LogP) is 2.35. The van der Waals surface area contributed by atoms with Crippen molar-refractivity contribution in [3.8, 4) is 6.07 Å². The van der Waals surface area contributed by atoms with Gasteiger partial charge in [0.1, 0.15) is 5.82 Å². The Balaban J connectivity index is 1.43. The number of halogens is 1. The van der Waals surface area contributed by atoms with Crippen LogP contribution in [0.3, 0.4) is 0 Å². The molecule has 0 bridgehead atoms. The van der Waals surface area contributed by atoms with Gasteiger partial charge in [-0.2, -0.15) is 9.57 Å². The number of ether oxygens (including phenoxy) is 1. The fraction of sp³-hybridized carbons (Fsp3) is 0.650. The Kier molecular flexibility index (Phi) is 5.45. The molecule has 1 atom stereocenters. The third-order valence-corrected chi connectivity index (χ3v) is 8.54. The molecule has 4 rings (SSSR count). The van der Waals surface area contributed by atoms with Crippen molar-refractivity contribution < 1.29 is 17.5 Å². The zero-order valence-electron chi connectivity index (χ0n) is 15.9. The second-order valence-electron chi connectivity index (χ2n) is 8.24. The minimum Gasteiger partial charge on any atom is -0.379 e. The first-order chi connectivity index (χ1) is 13.4. The van der Waals surface area contributed by atoms with Crippen LogP contribution in [0.2, 0.25) is 0 Å². The van der Waals surface area contributed by atoms with Crippen LogP contribution in [0.4, 0.5) is 4.39 Å². The van der Waals surface area contributed by atoms with E-state index >= 15 is 0 Å². The Morgan fingerprint density at radius 2 is 1.82 bits per heavy atom. The van der Waals surface area contributed by atoms with Gasteiger partial charge in [-0.05, 0) is 55.7 Å². The van der Waals surface area contributed by atoms with Gasteiger partial charge in [-0.1, -0.05) is 0 Å². The normalized spacial score (nSPS) is 26.4. The summed E-state index contributed by atoms with van der Waals surface area (Å²) in [6.07, 6.45) is 5.12. The van der Waals surface area contributed by atoms with Crippen molar-refractivity contribution in [1.82, 2.24) is 9.21 Å². The average Bonchev–Trinajstić information content (AvgIpc) is 3.12. The highest BCUT2D eigenvalue weighted by Gasteiger charge is 2.45. The molecule has 1 spiro atoms. The van der Waals surface area contributed by atoms with Gasteiger partial charge in [-0.25, -0.2) is 12.8 Å². The summed E-state index contributed by atoms with van der Waals surface area (Å²) >= 11 is 0. The number of hydrogen-bond acceptors (Lipinski definition) is 5. The summed E-state index contributed by atoms with van der Waals surface area (Å²) < 4.78 is 46.5. The van der Waals surface area contributed by atoms with Crippen molar-refractivity contribution in [3.05, 3.63) is 29.6 Å². The van der Waals surface area contributed by atoms with Crippen LogP contribution in [0.1, 0.15) is 37.7 Å². The molecule has 1 saturated carbocycles. The highest BCUT2D eigenvalue weighted by molar-refractivity contribution is 7.89. The first-order valence-corrected chi connectivity index (χ1v) is 11.4. The number of rotatable bonds is 3. The van der Waals surface area contributed by atoms with Gasteiger partial charge in [-0.15, -0.1) is 0 Å². The van der Waals surface area contributed by atoms with Crippen LogP contribution < -0.4 is 0 Å². The van der Waals surface area contributed by atoms with E-state index in [0.717, 1.165) is 64.1 Å². The summed E-state index contributed by atoms with van der Waals surface area (Å²) in [6, 6.07) is 5.71. The van der Waals surface area contributed by atoms with E-state index in [1.807, 2.05) is 6.07 Å². The van der Waals surface area contributed by atoms with Gasteiger partial charge in [0, 0.05) is 32.2 Å². The standard InChI is InChI=1S/C20H26FN3O3S/c21-17-11-16(15-22)12-19(13-17)28(25,26)24-5-3-20(4-6-24)2-1-18(14-20)23-7-9-27-10-8-23/h11-13,18H,1-10,14H2/t18-/m1/s1. The minimum absolute atomic E-state index is 0.0243. The van der Waals surface area contributed by atoms with Gasteiger partial charge in [0.25, 0.3) is 0 Å². The quantitative estimate of drug-likeness (QED) is 0.769. The van der Waals surface area contributed by atoms with Crippen LogP contribution in [0.25, 0.3) is 0 Å². The molecule has 6 nitrogen and oxygen atoms in total. The molecule has 0 aromatic heterocycles. The maximum absolute atomic E-state index is 13.7. The van der Waals surface area contributed by atoms with Crippen LogP contribution in [-0.4, -0.2) is 63.1 Å². The number of sulfonamides is 1. The van der Waals surface area contributed by atoms with E-state index in [2.05, 4.69) is 4.90 Å². The highest BCUT2D eigenvalue weighted by Crippen LogP contribution is 2.48. The Morgan fingerprint density at radius 3 is 2.50 bits per heavy atom. The summed E-state index contributed by atoms with van der Waals surface area (Å²) in [6.45, 7) is 4.49. The SMILES string of the molecule is N#Cc1cc(F)cc(S(=O)(=O)N2CCC3(CC[C@@H](N4CCOCC4)C3)CC2)c1. The summed E-state index contributed by atoms with van der Waals surface area (Å²) in [7, 11) is -3.78. The van der Waals surface area contributed by atoms with Crippen molar-refractivity contribution in [2.24, 2.45) is 5.41 Å². The molecule has 2 heterocycles. The van der Waals surface area contributed by atoms with E-state index in [4.69, 9.17) is 10.00 Å². The molecule has 1 aliphatic carbocycles. The molecular weight excluding hydrogens is 381 g/mol. The number of benzene rings is 1. The molecule has 0 radical (unpaired) electrons. The van der Waals surface area contributed by atoms with E-state index in [0.29, 0.717) is 19.1 Å². The second-order valence-corrected chi connectivity index (χ2v) is 10.2. The first kappa shape index (κ1) is 19.8. The number of nitriles is 1. The predicted molar refractivity (Wildman–Crippen MR) is 102 cm³/mol. The van der Waals surface area contributed by atoms with Gasteiger partial charge >= 0.3 is 0 Å². The van der Waals surface area contributed by atoms with Crippen LogP contribution in [0, 0.1) is 22.6 Å². The van der Waals surface area contributed by atoms with Gasteiger partial charge in [0.15, 0.2) is 0 Å². The molecule has 1 aromatic rings. The van der Waals surface area contributed by atoms with Crippen LogP contribution in [0.15, 0.2) is 23.1 Å². The lowest BCUT2D eigenvalue weighted by atomic mass is 9.77. The highest BCUT2D eigenvalue weighted by atomic mass is 32.2. The summed E-state index contributed by atoms with van der Waals surface area (Å²) in [5.41, 5.74) is 0.241. The van der Waals surface area contributed by atoms with Gasteiger partial charge in [0.2, 0.25) is 10.0 Å². The molecule has 3 aliphatic rings. The molecule has 152 valence electrons. The second kappa shape index (κ2) is 7.71. The number of hydrogen-bond donors (Lipinski definition) is 0. The lowest BCUT2D eigenvalue weighted by Gasteiger charge is -2.40. The van der Waals surface area contributed by atoms with Crippen LogP contribution in [0.5, 0.6) is 0 Å². The van der Waals surface area contributed by atoms with Crippen molar-refractivity contribution in [2.75, 3.05) is 39.4 Å². The fourth-order valence-corrected chi connectivity index (χ4v) is 6.51. The minimum atomic E-state index is -3.78. The van der Waals surface area contributed by atoms with Gasteiger partial charge < -0.3 is 4.74 Å². The van der Waals surface area contributed by atoms with Gasteiger partial charge in [-0.3, -0.25) is 4.90 Å². The smallest absolute Gasteiger partial charge is 0.243 e. The van der Waals surface area contributed by atoms with E-state index in [1.54, 1.807) is 0 Å². The van der Waals surface area contributed by atoms with E-state index < -0.39 is 15.8 Å². The zero-order valence-corrected chi connectivity index (χ0v) is 16.8. The maximum atomic E-state index is 13.7. The number of morpholine rings is 1. The molecule has 0 amide bonds. The van der Waals surface area contributed by atoms with Crippen molar-refractivity contribution >= 4 is 10.0 Å². The maximum Gasteiger partial charge on any atom is 0.243 e. The Labute approximate surface area is 165 Å². The molecule has 1 aromatic carbocycles. The van der Waals surface area contributed by atoms with E-state index in [1.165, 1.54) is 16.8 Å². The summed E-state index contributed by atoms with van der Waals surface area (Å²) in [5, 5.41) is 9.00. The molecule has 2 aliphatic heterocycles. The van der Waals surface area contributed by atoms with E-state index in [9.17, 15) is 12.8 Å². The largest absolute Gasteiger partial charge is 0.379 e. The van der Waals surface area contributed by atoms with Crippen molar-refractivity contribution in [3.63, 3.8) is 0 Å². The topological polar surface area (TPSA) is 73.6 Å². The van der Waals surface area contributed by atoms with E-state index in [-0.39, 0.29) is 15.9 Å². The van der Waals surface area contributed by atoms with Crippen LogP contribution >= 0.6 is 0 Å². The van der Waals surface area contributed by atoms with Crippen molar-refractivity contribution in [1.29, 1.82) is 5.26 Å². The monoisotopic (exact) mass is 407 g/mol. The number of piperidine rings is 1. The molecule has 8 heteroatoms.